The van der Waals surface area contributed by atoms with Crippen molar-refractivity contribution in [1.29, 1.82) is 0 Å². The zero-order valence-corrected chi connectivity index (χ0v) is 10.6. The van der Waals surface area contributed by atoms with Crippen LogP contribution in [0.25, 0.3) is 0 Å². The average molecular weight is 213 g/mol. The second-order valence-corrected chi connectivity index (χ2v) is 5.00. The maximum Gasteiger partial charge on any atom is 0.0575 e. The summed E-state index contributed by atoms with van der Waals surface area (Å²) >= 11 is 0. The van der Waals surface area contributed by atoms with Crippen LogP contribution in [0.15, 0.2) is 0 Å². The molecule has 1 unspecified atom stereocenters. The van der Waals surface area contributed by atoms with Crippen LogP contribution in [0.5, 0.6) is 0 Å². The molecule has 0 aromatic rings. The van der Waals surface area contributed by atoms with Gasteiger partial charge in [-0.05, 0) is 51.5 Å². The summed E-state index contributed by atoms with van der Waals surface area (Å²) in [6.45, 7) is 8.72. The van der Waals surface area contributed by atoms with E-state index in [4.69, 9.17) is 4.74 Å². The van der Waals surface area contributed by atoms with Crippen LogP contribution in [-0.2, 0) is 4.74 Å². The highest BCUT2D eigenvalue weighted by molar-refractivity contribution is 4.70. The largest absolute Gasteiger partial charge is 0.378 e. The molecule has 1 N–H and O–H groups in total. The zero-order chi connectivity index (χ0) is 11.1. The first-order valence-corrected chi connectivity index (χ1v) is 6.57. The van der Waals surface area contributed by atoms with E-state index in [2.05, 4.69) is 26.1 Å². The normalized spacial score (nSPS) is 29.0. The molecule has 0 spiro atoms. The lowest BCUT2D eigenvalue weighted by molar-refractivity contribution is 0.0160. The van der Waals surface area contributed by atoms with Gasteiger partial charge in [-0.15, -0.1) is 0 Å². The maximum atomic E-state index is 5.91. The highest BCUT2D eigenvalue weighted by atomic mass is 16.5. The van der Waals surface area contributed by atoms with E-state index in [1.165, 1.54) is 25.7 Å². The van der Waals surface area contributed by atoms with E-state index in [-0.39, 0.29) is 0 Å². The summed E-state index contributed by atoms with van der Waals surface area (Å²) in [5.41, 5.74) is 0. The number of hydrogen-bond acceptors (Lipinski definition) is 2. The van der Waals surface area contributed by atoms with Crippen molar-refractivity contribution in [3.8, 4) is 0 Å². The van der Waals surface area contributed by atoms with Crippen LogP contribution in [0.3, 0.4) is 0 Å². The second kappa shape index (κ2) is 7.24. The van der Waals surface area contributed by atoms with Gasteiger partial charge in [-0.25, -0.2) is 0 Å². The number of nitrogens with one attached hydrogen (secondary N) is 1. The minimum Gasteiger partial charge on any atom is -0.378 e. The van der Waals surface area contributed by atoms with E-state index in [1.54, 1.807) is 0 Å². The van der Waals surface area contributed by atoms with Gasteiger partial charge in [-0.1, -0.05) is 13.8 Å². The molecule has 0 saturated heterocycles. The Morgan fingerprint density at radius 2 is 1.93 bits per heavy atom. The zero-order valence-electron chi connectivity index (χ0n) is 10.6. The van der Waals surface area contributed by atoms with E-state index in [0.717, 1.165) is 25.5 Å². The quantitative estimate of drug-likeness (QED) is 0.732. The lowest BCUT2D eigenvalue weighted by atomic mass is 9.89. The average Bonchev–Trinajstić information content (AvgIpc) is 2.21. The molecular formula is C13H27NO. The van der Waals surface area contributed by atoms with Gasteiger partial charge in [0.05, 0.1) is 6.10 Å². The molecule has 0 amide bonds. The first-order chi connectivity index (χ1) is 7.22. The number of hydrogen-bond donors (Lipinski definition) is 1. The standard InChI is InChI=1S/C13H27NO/c1-4-14-12(3)9-10-15-13-7-5-11(2)6-8-13/h11-14H,4-10H2,1-3H3. The second-order valence-electron chi connectivity index (χ2n) is 5.00. The van der Waals surface area contributed by atoms with Gasteiger partial charge in [0.15, 0.2) is 0 Å². The fourth-order valence-electron chi connectivity index (χ4n) is 2.26. The molecule has 0 aliphatic heterocycles. The van der Waals surface area contributed by atoms with Crippen molar-refractivity contribution in [1.82, 2.24) is 5.32 Å². The molecule has 1 rings (SSSR count). The van der Waals surface area contributed by atoms with Crippen molar-refractivity contribution in [2.75, 3.05) is 13.2 Å². The Morgan fingerprint density at radius 3 is 2.53 bits per heavy atom. The molecule has 1 atom stereocenters. The van der Waals surface area contributed by atoms with Gasteiger partial charge in [-0.3, -0.25) is 0 Å². The molecule has 0 bridgehead atoms. The minimum absolute atomic E-state index is 0.551. The fraction of sp³-hybridized carbons (Fsp3) is 1.00. The Bertz CT molecular complexity index is 153. The Kier molecular flexibility index (Phi) is 6.26. The van der Waals surface area contributed by atoms with Crippen LogP contribution >= 0.6 is 0 Å². The molecule has 1 aliphatic rings. The maximum absolute atomic E-state index is 5.91. The molecule has 1 aliphatic carbocycles. The van der Waals surface area contributed by atoms with E-state index in [0.29, 0.717) is 12.1 Å². The molecule has 0 aromatic heterocycles. The van der Waals surface area contributed by atoms with Crippen molar-refractivity contribution in [2.24, 2.45) is 5.92 Å². The SMILES string of the molecule is CCNC(C)CCOC1CCC(C)CC1. The van der Waals surface area contributed by atoms with Crippen molar-refractivity contribution in [2.45, 2.75) is 65.0 Å². The van der Waals surface area contributed by atoms with Gasteiger partial charge in [0.2, 0.25) is 0 Å². The van der Waals surface area contributed by atoms with E-state index < -0.39 is 0 Å². The topological polar surface area (TPSA) is 21.3 Å². The van der Waals surface area contributed by atoms with Crippen molar-refractivity contribution >= 4 is 0 Å². The Balaban J connectivity index is 2.00. The summed E-state index contributed by atoms with van der Waals surface area (Å²) in [6.07, 6.45) is 6.95. The highest BCUT2D eigenvalue weighted by Crippen LogP contribution is 2.25. The molecule has 1 fully saturated rings. The summed E-state index contributed by atoms with van der Waals surface area (Å²) in [5.74, 6) is 0.922. The molecular weight excluding hydrogens is 186 g/mol. The van der Waals surface area contributed by atoms with Gasteiger partial charge in [0.1, 0.15) is 0 Å². The first-order valence-electron chi connectivity index (χ1n) is 6.57. The lowest BCUT2D eigenvalue weighted by Gasteiger charge is -2.26. The summed E-state index contributed by atoms with van der Waals surface area (Å²) in [5, 5.41) is 3.41. The predicted octanol–water partition coefficient (Wildman–Crippen LogP) is 2.97. The molecule has 2 nitrogen and oxygen atoms in total. The van der Waals surface area contributed by atoms with Crippen molar-refractivity contribution < 1.29 is 4.74 Å². The smallest absolute Gasteiger partial charge is 0.0575 e. The Labute approximate surface area is 94.8 Å². The van der Waals surface area contributed by atoms with Gasteiger partial charge >= 0.3 is 0 Å². The molecule has 0 heterocycles. The van der Waals surface area contributed by atoms with E-state index in [1.807, 2.05) is 0 Å². The van der Waals surface area contributed by atoms with Crippen LogP contribution < -0.4 is 5.32 Å². The molecule has 2 heteroatoms. The Hall–Kier alpha value is -0.0800. The third kappa shape index (κ3) is 5.53. The molecule has 0 aromatic carbocycles. The summed E-state index contributed by atoms with van der Waals surface area (Å²) < 4.78 is 5.91. The first kappa shape index (κ1) is 13.0. The predicted molar refractivity (Wildman–Crippen MR) is 65.1 cm³/mol. The van der Waals surface area contributed by atoms with Crippen LogP contribution in [0.1, 0.15) is 52.9 Å². The van der Waals surface area contributed by atoms with Gasteiger partial charge in [-0.2, -0.15) is 0 Å². The van der Waals surface area contributed by atoms with Crippen LogP contribution in [-0.4, -0.2) is 25.3 Å². The molecule has 15 heavy (non-hydrogen) atoms. The number of ether oxygens (including phenoxy) is 1. The van der Waals surface area contributed by atoms with Gasteiger partial charge < -0.3 is 10.1 Å². The van der Waals surface area contributed by atoms with Crippen LogP contribution in [0, 0.1) is 5.92 Å². The minimum atomic E-state index is 0.551. The molecule has 1 saturated carbocycles. The van der Waals surface area contributed by atoms with E-state index >= 15 is 0 Å². The summed E-state index contributed by atoms with van der Waals surface area (Å²) in [6, 6.07) is 0.595. The van der Waals surface area contributed by atoms with Crippen LogP contribution in [0.2, 0.25) is 0 Å². The van der Waals surface area contributed by atoms with Gasteiger partial charge in [0.25, 0.3) is 0 Å². The van der Waals surface area contributed by atoms with Crippen molar-refractivity contribution in [3.05, 3.63) is 0 Å². The summed E-state index contributed by atoms with van der Waals surface area (Å²) in [7, 11) is 0. The fourth-order valence-corrected chi connectivity index (χ4v) is 2.26. The van der Waals surface area contributed by atoms with E-state index in [9.17, 15) is 0 Å². The number of rotatable bonds is 6. The third-order valence-corrected chi connectivity index (χ3v) is 3.42. The van der Waals surface area contributed by atoms with Crippen molar-refractivity contribution in [3.63, 3.8) is 0 Å². The molecule has 90 valence electrons. The molecule has 0 radical (unpaired) electrons. The highest BCUT2D eigenvalue weighted by Gasteiger charge is 2.18. The van der Waals surface area contributed by atoms with Gasteiger partial charge in [0, 0.05) is 12.6 Å². The summed E-state index contributed by atoms with van der Waals surface area (Å²) in [4.78, 5) is 0. The lowest BCUT2D eigenvalue weighted by Crippen LogP contribution is -2.28. The Morgan fingerprint density at radius 1 is 1.27 bits per heavy atom. The van der Waals surface area contributed by atoms with Crippen LogP contribution in [0.4, 0.5) is 0 Å². The third-order valence-electron chi connectivity index (χ3n) is 3.42. The monoisotopic (exact) mass is 213 g/mol.